The molecule has 26 heavy (non-hydrogen) atoms. The quantitative estimate of drug-likeness (QED) is 0.158. The molecule has 0 saturated heterocycles. The van der Waals surface area contributed by atoms with Gasteiger partial charge in [0.05, 0.1) is 10.9 Å². The third-order valence-electron chi connectivity index (χ3n) is 3.10. The fraction of sp³-hybridized carbons (Fsp3) is 0.235. The van der Waals surface area contributed by atoms with E-state index in [-0.39, 0.29) is 18.2 Å². The zero-order valence-corrected chi connectivity index (χ0v) is 18.7. The van der Waals surface area contributed by atoms with Gasteiger partial charge in [-0.05, 0) is 79.4 Å². The first-order valence-corrected chi connectivity index (χ1v) is 12.2. The summed E-state index contributed by atoms with van der Waals surface area (Å²) in [5.41, 5.74) is 1.15. The van der Waals surface area contributed by atoms with Crippen LogP contribution in [-0.4, -0.2) is 15.5 Å². The van der Waals surface area contributed by atoms with Crippen molar-refractivity contribution in [1.29, 1.82) is 0 Å². The molecule has 1 unspecified atom stereocenters. The molecule has 2 aromatic rings. The molecule has 0 saturated carbocycles. The molecule has 9 heteroatoms. The van der Waals surface area contributed by atoms with Crippen LogP contribution in [0.25, 0.3) is 0 Å². The topological polar surface area (TPSA) is 74.5 Å². The van der Waals surface area contributed by atoms with Gasteiger partial charge in [0.25, 0.3) is 0 Å². The predicted octanol–water partition coefficient (Wildman–Crippen LogP) is 5.42. The summed E-state index contributed by atoms with van der Waals surface area (Å²) < 4.78 is 11.8. The lowest BCUT2D eigenvalue weighted by Crippen LogP contribution is -2.16. The normalized spacial score (nSPS) is 11.2. The number of hydrogen-bond acceptors (Lipinski definition) is 5. The van der Waals surface area contributed by atoms with E-state index in [2.05, 4.69) is 54.8 Å². The number of nitrogens with zero attached hydrogens (tertiary/aromatic N) is 2. The van der Waals surface area contributed by atoms with Crippen molar-refractivity contribution >= 4 is 50.2 Å². The van der Waals surface area contributed by atoms with Gasteiger partial charge < -0.3 is 19.4 Å². The van der Waals surface area contributed by atoms with Gasteiger partial charge in [-0.25, -0.2) is 0 Å². The second-order valence-electron chi connectivity index (χ2n) is 5.66. The fourth-order valence-electron chi connectivity index (χ4n) is 1.90. The second kappa shape index (κ2) is 9.60. The molecule has 0 aliphatic rings. The molecular weight excluding hydrogens is 534 g/mol. The Bertz CT molecular complexity index is 867. The molecular formula is C17H15BrIN2O4P. The molecule has 136 valence electrons. The molecule has 0 aliphatic heterocycles. The van der Waals surface area contributed by atoms with E-state index in [4.69, 9.17) is 9.26 Å². The molecule has 0 spiro atoms. The molecule has 1 atom stereocenters. The summed E-state index contributed by atoms with van der Waals surface area (Å²) in [5.74, 6) is 5.97. The number of nitro groups is 1. The Hall–Kier alpha value is -1.27. The van der Waals surface area contributed by atoms with Crippen molar-refractivity contribution in [3.8, 4) is 17.6 Å². The molecule has 1 heterocycles. The van der Waals surface area contributed by atoms with Crippen molar-refractivity contribution in [2.45, 2.75) is 26.1 Å². The Morgan fingerprint density at radius 3 is 2.88 bits per heavy atom. The van der Waals surface area contributed by atoms with Crippen LogP contribution in [0.4, 0.5) is 5.82 Å². The van der Waals surface area contributed by atoms with Crippen molar-refractivity contribution in [2.75, 3.05) is 0 Å². The predicted molar refractivity (Wildman–Crippen MR) is 114 cm³/mol. The average Bonchev–Trinajstić information content (AvgIpc) is 2.58. The number of ether oxygens (including phenoxy) is 1. The van der Waals surface area contributed by atoms with Crippen molar-refractivity contribution in [2.24, 2.45) is 0 Å². The van der Waals surface area contributed by atoms with Gasteiger partial charge in [-0.3, -0.25) is 0 Å². The monoisotopic (exact) mass is 548 g/mol. The number of aromatic nitrogens is 1. The van der Waals surface area contributed by atoms with Gasteiger partial charge in [0.2, 0.25) is 5.75 Å². The van der Waals surface area contributed by atoms with Gasteiger partial charge in [0, 0.05) is 11.6 Å². The first-order valence-electron chi connectivity index (χ1n) is 7.39. The van der Waals surface area contributed by atoms with Crippen LogP contribution in [0.5, 0.6) is 5.75 Å². The van der Waals surface area contributed by atoms with Gasteiger partial charge in [-0.2, -0.15) is 0 Å². The minimum atomic E-state index is -0.570. The molecule has 1 aromatic heterocycles. The Labute approximate surface area is 174 Å². The van der Waals surface area contributed by atoms with E-state index in [1.54, 1.807) is 0 Å². The van der Waals surface area contributed by atoms with Crippen LogP contribution in [0.1, 0.15) is 25.0 Å². The Balaban J connectivity index is 2.14. The molecule has 0 radical (unpaired) electrons. The van der Waals surface area contributed by atoms with Crippen LogP contribution >= 0.6 is 44.4 Å². The van der Waals surface area contributed by atoms with Gasteiger partial charge >= 0.3 is 5.82 Å². The highest BCUT2D eigenvalue weighted by Crippen LogP contribution is 2.29. The summed E-state index contributed by atoms with van der Waals surface area (Å²) in [6, 6.07) is 9.04. The highest BCUT2D eigenvalue weighted by Gasteiger charge is 2.17. The lowest BCUT2D eigenvalue weighted by atomic mass is 10.1. The van der Waals surface area contributed by atoms with Gasteiger partial charge in [-0.15, -0.1) is 0 Å². The van der Waals surface area contributed by atoms with Crippen molar-refractivity contribution in [3.63, 3.8) is 0 Å². The van der Waals surface area contributed by atoms with Gasteiger partial charge in [0.15, 0.2) is 6.20 Å². The Morgan fingerprint density at radius 1 is 1.42 bits per heavy atom. The van der Waals surface area contributed by atoms with Gasteiger partial charge in [0.1, 0.15) is 12.2 Å². The van der Waals surface area contributed by atoms with Crippen LogP contribution in [0.2, 0.25) is 0 Å². The molecule has 1 aromatic carbocycles. The lowest BCUT2D eigenvalue weighted by Gasteiger charge is -2.15. The summed E-state index contributed by atoms with van der Waals surface area (Å²) in [6.45, 7) is 4.34. The fourth-order valence-corrected chi connectivity index (χ4v) is 4.11. The number of rotatable bonds is 6. The highest BCUT2D eigenvalue weighted by atomic mass is 127. The Kier molecular flexibility index (Phi) is 7.77. The summed E-state index contributed by atoms with van der Waals surface area (Å²) in [7, 11) is 0. The molecule has 0 bridgehead atoms. The standard InChI is InChI=1S/C17H15BrIN2O4P/c1-17(2,25-26-19)7-6-12-4-3-5-13(8-12)11-24-15-9-14(18)10-20-16(15)21(22)23/h3-5,8-10,26H,11H2,1-2H3. The van der Waals surface area contributed by atoms with Crippen molar-refractivity contribution in [3.05, 3.63) is 62.2 Å². The zero-order valence-electron chi connectivity index (χ0n) is 14.0. The Morgan fingerprint density at radius 2 is 2.19 bits per heavy atom. The van der Waals surface area contributed by atoms with E-state index in [1.165, 1.54) is 12.3 Å². The van der Waals surface area contributed by atoms with Crippen LogP contribution in [0.3, 0.4) is 0 Å². The van der Waals surface area contributed by atoms with Crippen molar-refractivity contribution in [1.82, 2.24) is 4.98 Å². The van der Waals surface area contributed by atoms with E-state index in [0.29, 0.717) is 10.9 Å². The van der Waals surface area contributed by atoms with E-state index in [0.717, 1.165) is 11.1 Å². The number of pyridine rings is 1. The molecule has 0 N–H and O–H groups in total. The van der Waals surface area contributed by atoms with E-state index in [9.17, 15) is 10.1 Å². The summed E-state index contributed by atoms with van der Waals surface area (Å²) in [4.78, 5) is 14.3. The maximum Gasteiger partial charge on any atom is 0.406 e. The first-order chi connectivity index (χ1) is 12.3. The minimum Gasteiger partial charge on any atom is -0.481 e. The largest absolute Gasteiger partial charge is 0.481 e. The van der Waals surface area contributed by atoms with E-state index < -0.39 is 10.5 Å². The maximum atomic E-state index is 11.0. The summed E-state index contributed by atoms with van der Waals surface area (Å²) in [5, 5.41) is 11.0. The van der Waals surface area contributed by atoms with Crippen LogP contribution in [0.15, 0.2) is 41.0 Å². The number of halogens is 2. The third kappa shape index (κ3) is 6.47. The summed E-state index contributed by atoms with van der Waals surface area (Å²) in [6.07, 6.45) is 1.36. The molecule has 2 rings (SSSR count). The van der Waals surface area contributed by atoms with Crippen molar-refractivity contribution < 1.29 is 14.2 Å². The van der Waals surface area contributed by atoms with Crippen LogP contribution in [0, 0.1) is 22.0 Å². The zero-order chi connectivity index (χ0) is 19.2. The molecule has 6 nitrogen and oxygen atoms in total. The SMILES string of the molecule is CC(C)(C#Cc1cccc(COc2cc(Br)cnc2[N+](=O)[O-])c1)OPI. The van der Waals surface area contributed by atoms with Crippen LogP contribution in [-0.2, 0) is 11.1 Å². The van der Waals surface area contributed by atoms with E-state index >= 15 is 0 Å². The summed E-state index contributed by atoms with van der Waals surface area (Å²) >= 11 is 5.40. The highest BCUT2D eigenvalue weighted by molar-refractivity contribution is 14.2. The molecule has 0 aliphatic carbocycles. The third-order valence-corrected chi connectivity index (χ3v) is 4.78. The first kappa shape index (κ1) is 21.0. The minimum absolute atomic E-state index is 0.110. The smallest absolute Gasteiger partial charge is 0.406 e. The lowest BCUT2D eigenvalue weighted by molar-refractivity contribution is -0.390. The van der Waals surface area contributed by atoms with Gasteiger partial charge in [-0.1, -0.05) is 24.0 Å². The molecule has 0 amide bonds. The number of hydrogen-bond donors (Lipinski definition) is 0. The molecule has 0 fully saturated rings. The second-order valence-corrected chi connectivity index (χ2v) is 8.26. The van der Waals surface area contributed by atoms with Crippen LogP contribution < -0.4 is 4.74 Å². The average molecular weight is 549 g/mol. The number of benzene rings is 1. The maximum absolute atomic E-state index is 11.0. The van der Waals surface area contributed by atoms with E-state index in [1.807, 2.05) is 38.1 Å².